The summed E-state index contributed by atoms with van der Waals surface area (Å²) in [6.45, 7) is 1.10. The van der Waals surface area contributed by atoms with Crippen LogP contribution in [-0.4, -0.2) is 25.6 Å². The molecule has 0 aliphatic carbocycles. The van der Waals surface area contributed by atoms with Gasteiger partial charge in [0.1, 0.15) is 6.54 Å². The number of nitrogens with zero attached hydrogens (tertiary/aromatic N) is 1. The van der Waals surface area contributed by atoms with Crippen molar-refractivity contribution >= 4 is 0 Å². The number of rotatable bonds is 2. The van der Waals surface area contributed by atoms with Crippen molar-refractivity contribution in [2.24, 2.45) is 0 Å². The van der Waals surface area contributed by atoms with Crippen LogP contribution in [0.15, 0.2) is 30.3 Å². The summed E-state index contributed by atoms with van der Waals surface area (Å²) in [5.74, 6) is 0. The maximum Gasteiger partial charge on any atom is 1.00 e. The van der Waals surface area contributed by atoms with Gasteiger partial charge in [0.15, 0.2) is 0 Å². The minimum atomic E-state index is 0. The molecule has 0 saturated carbocycles. The van der Waals surface area contributed by atoms with Crippen LogP contribution in [0.1, 0.15) is 6.99 Å². The number of quaternary nitrogens is 1. The average Bonchev–Trinajstić information content (AvgIpc) is 1.85. The molecule has 0 unspecified atom stereocenters. The van der Waals surface area contributed by atoms with E-state index in [9.17, 15) is 0 Å². The zero-order valence-electron chi connectivity index (χ0n) is 8.54. The van der Waals surface area contributed by atoms with E-state index >= 15 is 0 Å². The molecule has 1 aromatic carbocycles. The van der Waals surface area contributed by atoms with Gasteiger partial charge in [0.05, 0.1) is 21.1 Å². The Bertz CT molecular complexity index is 213. The minimum absolute atomic E-state index is 0. The van der Waals surface area contributed by atoms with E-state index in [-0.39, 0.29) is 1.43 Å². The summed E-state index contributed by atoms with van der Waals surface area (Å²) in [5, 5.41) is 0. The predicted octanol–water partition coefficient (Wildman–Crippen LogP) is 2.01. The molecule has 1 heteroatoms. The van der Waals surface area contributed by atoms with E-state index in [1.165, 1.54) is 5.56 Å². The molecule has 0 aliphatic rings. The molecule has 0 aliphatic heterocycles. The van der Waals surface area contributed by atoms with Crippen molar-refractivity contribution in [2.75, 3.05) is 21.1 Å². The molecule has 1 nitrogen and oxygen atoms in total. The predicted molar refractivity (Wildman–Crippen MR) is 49.3 cm³/mol. The fourth-order valence-corrected chi connectivity index (χ4v) is 1.13. The van der Waals surface area contributed by atoms with E-state index in [1.807, 2.05) is 0 Å². The number of benzene rings is 1. The summed E-state index contributed by atoms with van der Waals surface area (Å²) in [5.41, 5.74) is 1.40. The number of hydrogen-bond acceptors (Lipinski definition) is 0. The van der Waals surface area contributed by atoms with E-state index < -0.39 is 0 Å². The van der Waals surface area contributed by atoms with Gasteiger partial charge in [-0.2, -0.15) is 0 Å². The lowest BCUT2D eigenvalue weighted by Crippen LogP contribution is -2.33. The Hall–Kier alpha value is -0.820. The molecule has 1 aromatic rings. The van der Waals surface area contributed by atoms with E-state index in [2.05, 4.69) is 51.5 Å². The normalized spacial score (nSPS) is 11.5. The van der Waals surface area contributed by atoms with Crippen LogP contribution in [0.3, 0.4) is 0 Å². The maximum atomic E-state index is 2.20. The second-order valence-electron chi connectivity index (χ2n) is 3.93. The summed E-state index contributed by atoms with van der Waals surface area (Å²) in [6.07, 6.45) is 0. The third-order valence-electron chi connectivity index (χ3n) is 1.50. The van der Waals surface area contributed by atoms with Gasteiger partial charge >= 0.3 is 1.43 Å². The van der Waals surface area contributed by atoms with Crippen LogP contribution in [-0.2, 0) is 6.54 Å². The first-order valence-electron chi connectivity index (χ1n) is 3.92. The summed E-state index contributed by atoms with van der Waals surface area (Å²) in [6, 6.07) is 10.6. The van der Waals surface area contributed by atoms with Crippen molar-refractivity contribution in [3.05, 3.63) is 35.9 Å². The second kappa shape index (κ2) is 3.05. The zero-order valence-corrected chi connectivity index (χ0v) is 7.54. The van der Waals surface area contributed by atoms with Crippen LogP contribution in [0.2, 0.25) is 0 Å². The lowest BCUT2D eigenvalue weighted by Gasteiger charge is -2.23. The van der Waals surface area contributed by atoms with Gasteiger partial charge in [0.25, 0.3) is 0 Å². The SMILES string of the molecule is C[N+](C)(C)Cc1ccccc1.[H+]. The van der Waals surface area contributed by atoms with Crippen LogP contribution in [0.5, 0.6) is 0 Å². The molecule has 0 radical (unpaired) electrons. The highest BCUT2D eigenvalue weighted by atomic mass is 15.3. The Balaban J connectivity index is 0.00000121. The summed E-state index contributed by atoms with van der Waals surface area (Å²) < 4.78 is 0.990. The smallest absolute Gasteiger partial charge is 0.327 e. The van der Waals surface area contributed by atoms with Gasteiger partial charge in [-0.3, -0.25) is 0 Å². The molecule has 11 heavy (non-hydrogen) atoms. The Labute approximate surface area is 70.3 Å². The molecular formula is C10H17N+2. The highest BCUT2D eigenvalue weighted by molar-refractivity contribution is 5.13. The highest BCUT2D eigenvalue weighted by Gasteiger charge is 2.06. The first kappa shape index (κ1) is 8.28. The lowest BCUT2D eigenvalue weighted by atomic mass is 10.2. The lowest BCUT2D eigenvalue weighted by molar-refractivity contribution is -0.884. The Morgan fingerprint density at radius 1 is 1.09 bits per heavy atom. The molecule has 0 amide bonds. The van der Waals surface area contributed by atoms with E-state index in [4.69, 9.17) is 0 Å². The fraction of sp³-hybridized carbons (Fsp3) is 0.400. The topological polar surface area (TPSA) is 0 Å². The van der Waals surface area contributed by atoms with Crippen LogP contribution in [0.25, 0.3) is 0 Å². The van der Waals surface area contributed by atoms with Gasteiger partial charge in [-0.25, -0.2) is 0 Å². The summed E-state index contributed by atoms with van der Waals surface area (Å²) in [7, 11) is 6.60. The molecule has 0 fully saturated rings. The molecule has 0 heterocycles. The summed E-state index contributed by atoms with van der Waals surface area (Å²) >= 11 is 0. The van der Waals surface area contributed by atoms with Crippen LogP contribution >= 0.6 is 0 Å². The van der Waals surface area contributed by atoms with Crippen LogP contribution in [0, 0.1) is 0 Å². The third-order valence-corrected chi connectivity index (χ3v) is 1.50. The van der Waals surface area contributed by atoms with Gasteiger partial charge < -0.3 is 4.48 Å². The highest BCUT2D eigenvalue weighted by Crippen LogP contribution is 2.04. The Morgan fingerprint density at radius 3 is 2.09 bits per heavy atom. The van der Waals surface area contributed by atoms with Gasteiger partial charge in [0.2, 0.25) is 0 Å². The molecule has 0 bridgehead atoms. The third kappa shape index (κ3) is 3.19. The standard InChI is InChI=1S/C10H16N/c1-11(2,3)9-10-7-5-4-6-8-10/h4-8H,9H2,1-3H3/q+1/p+1. The van der Waals surface area contributed by atoms with E-state index in [0.29, 0.717) is 0 Å². The minimum Gasteiger partial charge on any atom is -0.327 e. The molecule has 0 aromatic heterocycles. The van der Waals surface area contributed by atoms with Crippen LogP contribution in [0.4, 0.5) is 0 Å². The van der Waals surface area contributed by atoms with Crippen molar-refractivity contribution in [1.29, 1.82) is 0 Å². The van der Waals surface area contributed by atoms with Crippen molar-refractivity contribution in [1.82, 2.24) is 0 Å². The van der Waals surface area contributed by atoms with Crippen molar-refractivity contribution in [3.63, 3.8) is 0 Å². The van der Waals surface area contributed by atoms with E-state index in [1.54, 1.807) is 0 Å². The monoisotopic (exact) mass is 151 g/mol. The van der Waals surface area contributed by atoms with E-state index in [0.717, 1.165) is 11.0 Å². The molecular weight excluding hydrogens is 134 g/mol. The van der Waals surface area contributed by atoms with Gasteiger partial charge in [-0.15, -0.1) is 0 Å². The average molecular weight is 151 g/mol. The van der Waals surface area contributed by atoms with Crippen LogP contribution < -0.4 is 0 Å². The van der Waals surface area contributed by atoms with Gasteiger partial charge in [-0.1, -0.05) is 30.3 Å². The van der Waals surface area contributed by atoms with Crippen molar-refractivity contribution in [2.45, 2.75) is 6.54 Å². The largest absolute Gasteiger partial charge is 1.00 e. The van der Waals surface area contributed by atoms with Gasteiger partial charge in [0, 0.05) is 5.56 Å². The molecule has 0 saturated heterocycles. The molecule has 0 N–H and O–H groups in total. The maximum absolute atomic E-state index is 2.20. The zero-order chi connectivity index (χ0) is 8.32. The van der Waals surface area contributed by atoms with Gasteiger partial charge in [-0.05, 0) is 0 Å². The molecule has 0 spiro atoms. The van der Waals surface area contributed by atoms with Crippen molar-refractivity contribution in [3.8, 4) is 0 Å². The number of hydrogen-bond donors (Lipinski definition) is 0. The Kier molecular flexibility index (Phi) is 2.30. The molecule has 0 atom stereocenters. The molecule has 60 valence electrons. The quantitative estimate of drug-likeness (QED) is 0.567. The summed E-state index contributed by atoms with van der Waals surface area (Å²) in [4.78, 5) is 0. The van der Waals surface area contributed by atoms with Crippen molar-refractivity contribution < 1.29 is 5.91 Å². The first-order valence-corrected chi connectivity index (χ1v) is 3.92. The molecule has 1 rings (SSSR count). The Morgan fingerprint density at radius 2 is 1.64 bits per heavy atom. The second-order valence-corrected chi connectivity index (χ2v) is 3.93. The first-order chi connectivity index (χ1) is 5.08. The fourth-order valence-electron chi connectivity index (χ4n) is 1.13.